The van der Waals surface area contributed by atoms with E-state index in [0.29, 0.717) is 35.8 Å². The lowest BCUT2D eigenvalue weighted by molar-refractivity contribution is 0.00526. The maximum Gasteiger partial charge on any atom is 0.252 e. The van der Waals surface area contributed by atoms with Crippen molar-refractivity contribution in [3.8, 4) is 0 Å². The van der Waals surface area contributed by atoms with Gasteiger partial charge in [-0.15, -0.1) is 0 Å². The molecule has 8 heteroatoms. The number of halogens is 2. The summed E-state index contributed by atoms with van der Waals surface area (Å²) in [5, 5.41) is 14.0. The molecule has 0 radical (unpaired) electrons. The number of benzene rings is 1. The molecule has 1 saturated carbocycles. The van der Waals surface area contributed by atoms with E-state index in [1.807, 2.05) is 17.9 Å². The Bertz CT molecular complexity index is 841. The van der Waals surface area contributed by atoms with Gasteiger partial charge in [-0.1, -0.05) is 30.9 Å². The van der Waals surface area contributed by atoms with Gasteiger partial charge in [0.25, 0.3) is 5.91 Å². The summed E-state index contributed by atoms with van der Waals surface area (Å²) in [6.07, 6.45) is 6.09. The Labute approximate surface area is 174 Å². The third-order valence-electron chi connectivity index (χ3n) is 5.07. The lowest BCUT2D eigenvalue weighted by atomic mass is 9.85. The highest BCUT2D eigenvalue weighted by Crippen LogP contribution is 2.29. The van der Waals surface area contributed by atoms with Crippen LogP contribution < -0.4 is 10.2 Å². The highest BCUT2D eigenvalue weighted by molar-refractivity contribution is 6.34. The summed E-state index contributed by atoms with van der Waals surface area (Å²) in [4.78, 5) is 22.8. The van der Waals surface area contributed by atoms with Crippen LogP contribution in [0, 0.1) is 0 Å². The molecule has 1 fully saturated rings. The van der Waals surface area contributed by atoms with Gasteiger partial charge in [-0.3, -0.25) is 4.79 Å². The lowest BCUT2D eigenvalue weighted by Crippen LogP contribution is -2.44. The van der Waals surface area contributed by atoms with Gasteiger partial charge in [0.1, 0.15) is 5.82 Å². The van der Waals surface area contributed by atoms with E-state index in [4.69, 9.17) is 23.2 Å². The zero-order chi connectivity index (χ0) is 20.1. The first-order valence-corrected chi connectivity index (χ1v) is 10.2. The average Bonchev–Trinajstić information content (AvgIpc) is 2.69. The molecule has 0 atom stereocenters. The molecule has 1 aliphatic rings. The Morgan fingerprint density at radius 1 is 1.25 bits per heavy atom. The number of nitrogens with one attached hydrogen (secondary N) is 1. The quantitative estimate of drug-likeness (QED) is 0.675. The largest absolute Gasteiger partial charge is 0.388 e. The van der Waals surface area contributed by atoms with Gasteiger partial charge in [-0.05, 0) is 55.6 Å². The first kappa shape index (κ1) is 20.8. The van der Waals surface area contributed by atoms with Crippen molar-refractivity contribution < 1.29 is 9.90 Å². The summed E-state index contributed by atoms with van der Waals surface area (Å²) in [5.41, 5.74) is 0.297. The zero-order valence-electron chi connectivity index (χ0n) is 15.8. The van der Waals surface area contributed by atoms with Gasteiger partial charge >= 0.3 is 0 Å². The summed E-state index contributed by atoms with van der Waals surface area (Å²) in [6, 6.07) is 6.99. The third kappa shape index (κ3) is 4.93. The van der Waals surface area contributed by atoms with Gasteiger partial charge in [0, 0.05) is 25.0 Å². The fourth-order valence-corrected chi connectivity index (χ4v) is 3.88. The summed E-state index contributed by atoms with van der Waals surface area (Å²) < 4.78 is 0. The number of hydrogen-bond acceptors (Lipinski definition) is 5. The SMILES string of the molecule is CCN(c1ccc(Cl)c(C(=O)NCC2(O)CCCCC2)c1)c1ccnc(Cl)n1. The number of carbonyl (C=O) groups is 1. The summed E-state index contributed by atoms with van der Waals surface area (Å²) in [6.45, 7) is 2.82. The number of aliphatic hydroxyl groups is 1. The van der Waals surface area contributed by atoms with Crippen molar-refractivity contribution in [1.82, 2.24) is 15.3 Å². The lowest BCUT2D eigenvalue weighted by Gasteiger charge is -2.32. The predicted molar refractivity (Wildman–Crippen MR) is 112 cm³/mol. The molecule has 2 N–H and O–H groups in total. The van der Waals surface area contributed by atoms with Crippen LogP contribution in [0.5, 0.6) is 0 Å². The first-order valence-electron chi connectivity index (χ1n) is 9.48. The molecular formula is C20H24Cl2N4O2. The van der Waals surface area contributed by atoms with E-state index in [9.17, 15) is 9.90 Å². The van der Waals surface area contributed by atoms with Gasteiger partial charge in [0.2, 0.25) is 5.28 Å². The monoisotopic (exact) mass is 422 g/mol. The minimum atomic E-state index is -0.828. The van der Waals surface area contributed by atoms with Gasteiger partial charge in [0.15, 0.2) is 0 Å². The van der Waals surface area contributed by atoms with Crippen LogP contribution in [0.1, 0.15) is 49.4 Å². The molecule has 0 bridgehead atoms. The van der Waals surface area contributed by atoms with Crippen LogP contribution in [-0.4, -0.2) is 39.7 Å². The summed E-state index contributed by atoms with van der Waals surface area (Å²) in [5.74, 6) is 0.329. The topological polar surface area (TPSA) is 78.4 Å². The van der Waals surface area contributed by atoms with Crippen LogP contribution in [0.3, 0.4) is 0 Å². The van der Waals surface area contributed by atoms with E-state index in [-0.39, 0.29) is 17.7 Å². The van der Waals surface area contributed by atoms with E-state index in [0.717, 1.165) is 24.9 Å². The molecule has 6 nitrogen and oxygen atoms in total. The van der Waals surface area contributed by atoms with E-state index < -0.39 is 5.60 Å². The number of rotatable bonds is 6. The zero-order valence-corrected chi connectivity index (χ0v) is 17.3. The van der Waals surface area contributed by atoms with E-state index in [1.165, 1.54) is 0 Å². The molecule has 0 aliphatic heterocycles. The second kappa shape index (κ2) is 9.07. The molecule has 0 unspecified atom stereocenters. The fraction of sp³-hybridized carbons (Fsp3) is 0.450. The first-order chi connectivity index (χ1) is 13.4. The van der Waals surface area contributed by atoms with Crippen molar-refractivity contribution in [2.75, 3.05) is 18.0 Å². The third-order valence-corrected chi connectivity index (χ3v) is 5.58. The van der Waals surface area contributed by atoms with Crippen LogP contribution in [-0.2, 0) is 0 Å². The molecule has 1 aliphatic carbocycles. The average molecular weight is 423 g/mol. The normalized spacial score (nSPS) is 15.9. The molecule has 0 spiro atoms. The second-order valence-corrected chi connectivity index (χ2v) is 7.81. The van der Waals surface area contributed by atoms with Crippen LogP contribution in [0.4, 0.5) is 11.5 Å². The highest BCUT2D eigenvalue weighted by atomic mass is 35.5. The summed E-state index contributed by atoms with van der Waals surface area (Å²) >= 11 is 12.2. The van der Waals surface area contributed by atoms with Crippen molar-refractivity contribution in [1.29, 1.82) is 0 Å². The van der Waals surface area contributed by atoms with Crippen molar-refractivity contribution in [3.05, 3.63) is 46.3 Å². The van der Waals surface area contributed by atoms with Crippen molar-refractivity contribution in [3.63, 3.8) is 0 Å². The number of nitrogens with zero attached hydrogens (tertiary/aromatic N) is 3. The molecule has 150 valence electrons. The molecule has 1 heterocycles. The van der Waals surface area contributed by atoms with Gasteiger partial charge in [-0.2, -0.15) is 0 Å². The van der Waals surface area contributed by atoms with Gasteiger partial charge < -0.3 is 15.3 Å². The molecule has 1 aromatic carbocycles. The minimum absolute atomic E-state index is 0.156. The van der Waals surface area contributed by atoms with Crippen LogP contribution >= 0.6 is 23.2 Å². The van der Waals surface area contributed by atoms with Crippen LogP contribution in [0.15, 0.2) is 30.5 Å². The standard InChI is InChI=1S/C20H24Cl2N4O2/c1-2-26(17-8-11-23-19(22)25-17)14-6-7-16(21)15(12-14)18(27)24-13-20(28)9-4-3-5-10-20/h6-8,11-12,28H,2-5,9-10,13H2,1H3,(H,24,27). The molecule has 1 amide bonds. The van der Waals surface area contributed by atoms with Crippen LogP contribution in [0.2, 0.25) is 10.3 Å². The molecule has 0 saturated heterocycles. The molecule has 3 rings (SSSR count). The van der Waals surface area contributed by atoms with E-state index in [1.54, 1.807) is 24.4 Å². The smallest absolute Gasteiger partial charge is 0.252 e. The maximum absolute atomic E-state index is 12.7. The Kier molecular flexibility index (Phi) is 6.75. The predicted octanol–water partition coefficient (Wildman–Crippen LogP) is 4.37. The van der Waals surface area contributed by atoms with Gasteiger partial charge in [0.05, 0.1) is 16.2 Å². The van der Waals surface area contributed by atoms with E-state index in [2.05, 4.69) is 15.3 Å². The number of aromatic nitrogens is 2. The number of hydrogen-bond donors (Lipinski definition) is 2. The Morgan fingerprint density at radius 3 is 2.68 bits per heavy atom. The Balaban J connectivity index is 1.79. The molecule has 1 aromatic heterocycles. The van der Waals surface area contributed by atoms with Crippen LogP contribution in [0.25, 0.3) is 0 Å². The molecule has 28 heavy (non-hydrogen) atoms. The fourth-order valence-electron chi connectivity index (χ4n) is 3.54. The molecule has 2 aromatic rings. The van der Waals surface area contributed by atoms with Crippen molar-refractivity contribution in [2.45, 2.75) is 44.6 Å². The number of carbonyl (C=O) groups excluding carboxylic acids is 1. The number of anilines is 2. The van der Waals surface area contributed by atoms with E-state index >= 15 is 0 Å². The van der Waals surface area contributed by atoms with Crippen molar-refractivity contribution in [2.24, 2.45) is 0 Å². The Morgan fingerprint density at radius 2 is 2.00 bits per heavy atom. The van der Waals surface area contributed by atoms with Gasteiger partial charge in [-0.25, -0.2) is 9.97 Å². The summed E-state index contributed by atoms with van der Waals surface area (Å²) in [7, 11) is 0. The number of amides is 1. The second-order valence-electron chi connectivity index (χ2n) is 7.06. The minimum Gasteiger partial charge on any atom is -0.388 e. The van der Waals surface area contributed by atoms with Crippen molar-refractivity contribution >= 4 is 40.6 Å². The highest BCUT2D eigenvalue weighted by Gasteiger charge is 2.29. The maximum atomic E-state index is 12.7. The molecular weight excluding hydrogens is 399 g/mol. The Hall–Kier alpha value is -1.89.